The Balaban J connectivity index is 1.71. The van der Waals surface area contributed by atoms with Gasteiger partial charge < -0.3 is 5.11 Å². The number of hydrazone groups is 1. The molecule has 0 fully saturated rings. The van der Waals surface area contributed by atoms with Crippen molar-refractivity contribution >= 4 is 23.9 Å². The average molecular weight is 300 g/mol. The van der Waals surface area contributed by atoms with Gasteiger partial charge in [-0.15, -0.1) is 11.8 Å². The zero-order valence-electron chi connectivity index (χ0n) is 11.4. The maximum absolute atomic E-state index is 11.6. The Morgan fingerprint density at radius 1 is 1.14 bits per heavy atom. The third-order valence-corrected chi connectivity index (χ3v) is 3.68. The van der Waals surface area contributed by atoms with Gasteiger partial charge in [0.1, 0.15) is 5.75 Å². The second-order valence-electron chi connectivity index (χ2n) is 4.26. The first-order valence-corrected chi connectivity index (χ1v) is 7.52. The van der Waals surface area contributed by atoms with Gasteiger partial charge in [0.2, 0.25) is 5.91 Å². The lowest BCUT2D eigenvalue weighted by atomic mass is 10.2. The molecular weight excluding hydrogens is 284 g/mol. The van der Waals surface area contributed by atoms with Gasteiger partial charge in [0.05, 0.1) is 6.21 Å². The van der Waals surface area contributed by atoms with E-state index in [0.717, 1.165) is 4.90 Å². The molecule has 0 heterocycles. The number of thioether (sulfide) groups is 1. The predicted molar refractivity (Wildman–Crippen MR) is 85.6 cm³/mol. The van der Waals surface area contributed by atoms with Gasteiger partial charge in [0.15, 0.2) is 0 Å². The Morgan fingerprint density at radius 2 is 1.86 bits per heavy atom. The van der Waals surface area contributed by atoms with Crippen molar-refractivity contribution in [3.63, 3.8) is 0 Å². The molecule has 0 saturated heterocycles. The lowest BCUT2D eigenvalue weighted by Gasteiger charge is -2.01. The van der Waals surface area contributed by atoms with Crippen LogP contribution >= 0.6 is 11.8 Å². The van der Waals surface area contributed by atoms with Crippen LogP contribution in [-0.4, -0.2) is 23.0 Å². The molecule has 0 spiro atoms. The minimum Gasteiger partial charge on any atom is -0.507 e. The molecule has 2 rings (SSSR count). The van der Waals surface area contributed by atoms with Crippen molar-refractivity contribution in [3.8, 4) is 5.75 Å². The summed E-state index contributed by atoms with van der Waals surface area (Å²) in [7, 11) is 0. The van der Waals surface area contributed by atoms with E-state index in [1.807, 2.05) is 30.3 Å². The van der Waals surface area contributed by atoms with E-state index < -0.39 is 0 Å². The van der Waals surface area contributed by atoms with E-state index in [0.29, 0.717) is 17.7 Å². The van der Waals surface area contributed by atoms with Gasteiger partial charge in [-0.1, -0.05) is 30.3 Å². The first-order chi connectivity index (χ1) is 10.3. The highest BCUT2D eigenvalue weighted by Gasteiger charge is 2.01. The maximum Gasteiger partial charge on any atom is 0.240 e. The van der Waals surface area contributed by atoms with Crippen LogP contribution in [0.3, 0.4) is 0 Å². The van der Waals surface area contributed by atoms with Crippen LogP contribution in [0.1, 0.15) is 12.0 Å². The molecule has 0 aromatic heterocycles. The van der Waals surface area contributed by atoms with Crippen molar-refractivity contribution in [3.05, 3.63) is 60.2 Å². The average Bonchev–Trinajstić information content (AvgIpc) is 2.50. The van der Waals surface area contributed by atoms with E-state index >= 15 is 0 Å². The van der Waals surface area contributed by atoms with Crippen LogP contribution in [0.5, 0.6) is 5.75 Å². The molecule has 5 heteroatoms. The molecule has 2 N–H and O–H groups in total. The number of nitrogens with one attached hydrogen (secondary N) is 1. The molecule has 108 valence electrons. The number of benzene rings is 2. The fourth-order valence-corrected chi connectivity index (χ4v) is 2.48. The van der Waals surface area contributed by atoms with E-state index in [-0.39, 0.29) is 11.7 Å². The summed E-state index contributed by atoms with van der Waals surface area (Å²) >= 11 is 1.63. The summed E-state index contributed by atoms with van der Waals surface area (Å²) in [6.07, 6.45) is 1.81. The molecule has 0 radical (unpaired) electrons. The Bertz CT molecular complexity index is 615. The van der Waals surface area contributed by atoms with E-state index in [4.69, 9.17) is 0 Å². The summed E-state index contributed by atoms with van der Waals surface area (Å²) < 4.78 is 0. The molecule has 2 aromatic rings. The van der Waals surface area contributed by atoms with Crippen molar-refractivity contribution in [2.24, 2.45) is 5.10 Å². The molecule has 21 heavy (non-hydrogen) atoms. The number of nitrogens with zero attached hydrogens (tertiary/aromatic N) is 1. The highest BCUT2D eigenvalue weighted by atomic mass is 32.2. The number of phenols is 1. The van der Waals surface area contributed by atoms with Crippen LogP contribution in [0.4, 0.5) is 0 Å². The Kier molecular flexibility index (Phi) is 5.84. The number of hydrogen-bond donors (Lipinski definition) is 2. The van der Waals surface area contributed by atoms with Crippen LogP contribution in [0.25, 0.3) is 0 Å². The summed E-state index contributed by atoms with van der Waals surface area (Å²) in [4.78, 5) is 12.7. The molecule has 0 bridgehead atoms. The molecule has 1 amide bonds. The van der Waals surface area contributed by atoms with Crippen LogP contribution in [0, 0.1) is 0 Å². The van der Waals surface area contributed by atoms with Crippen LogP contribution in [0.2, 0.25) is 0 Å². The monoisotopic (exact) mass is 300 g/mol. The highest BCUT2D eigenvalue weighted by molar-refractivity contribution is 7.99. The molecule has 0 saturated carbocycles. The maximum atomic E-state index is 11.6. The van der Waals surface area contributed by atoms with Crippen molar-refractivity contribution in [2.75, 3.05) is 5.75 Å². The second-order valence-corrected chi connectivity index (χ2v) is 5.43. The topological polar surface area (TPSA) is 61.7 Å². The zero-order valence-corrected chi connectivity index (χ0v) is 12.2. The molecule has 4 nitrogen and oxygen atoms in total. The smallest absolute Gasteiger partial charge is 0.240 e. The fourth-order valence-electron chi connectivity index (χ4n) is 1.60. The van der Waals surface area contributed by atoms with Crippen LogP contribution in [-0.2, 0) is 4.79 Å². The summed E-state index contributed by atoms with van der Waals surface area (Å²) in [5.74, 6) is 0.683. The number of rotatable bonds is 6. The SMILES string of the molecule is O=C(CCSc1ccccc1)NN=Cc1ccccc1O. The third kappa shape index (κ3) is 5.31. The molecule has 0 unspecified atom stereocenters. The van der Waals surface area contributed by atoms with Gasteiger partial charge in [-0.3, -0.25) is 4.79 Å². The summed E-state index contributed by atoms with van der Waals surface area (Å²) in [6.45, 7) is 0. The molecular formula is C16H16N2O2S. The first-order valence-electron chi connectivity index (χ1n) is 6.53. The van der Waals surface area contributed by atoms with Crippen molar-refractivity contribution < 1.29 is 9.90 Å². The van der Waals surface area contributed by atoms with Crippen LogP contribution in [0.15, 0.2) is 64.6 Å². The largest absolute Gasteiger partial charge is 0.507 e. The zero-order chi connectivity index (χ0) is 14.9. The number of aromatic hydroxyl groups is 1. The van der Waals surface area contributed by atoms with Crippen molar-refractivity contribution in [1.82, 2.24) is 5.43 Å². The van der Waals surface area contributed by atoms with Gasteiger partial charge in [0, 0.05) is 22.6 Å². The normalized spacial score (nSPS) is 10.7. The Morgan fingerprint density at radius 3 is 2.62 bits per heavy atom. The molecule has 0 aliphatic carbocycles. The van der Waals surface area contributed by atoms with Gasteiger partial charge >= 0.3 is 0 Å². The van der Waals surface area contributed by atoms with Gasteiger partial charge in [-0.05, 0) is 24.3 Å². The van der Waals surface area contributed by atoms with Gasteiger partial charge in [-0.25, -0.2) is 5.43 Å². The summed E-state index contributed by atoms with van der Waals surface area (Å²) in [5.41, 5.74) is 3.02. The molecule has 0 aliphatic heterocycles. The molecule has 0 atom stereocenters. The number of carbonyl (C=O) groups excluding carboxylic acids is 1. The first kappa shape index (κ1) is 15.1. The predicted octanol–water partition coefficient (Wildman–Crippen LogP) is 3.02. The minimum atomic E-state index is -0.148. The number of amides is 1. The number of para-hydroxylation sites is 1. The van der Waals surface area contributed by atoms with E-state index in [2.05, 4.69) is 10.5 Å². The number of phenolic OH excluding ortho intramolecular Hbond substituents is 1. The summed E-state index contributed by atoms with van der Waals surface area (Å²) in [5, 5.41) is 13.4. The van der Waals surface area contributed by atoms with Gasteiger partial charge in [-0.2, -0.15) is 5.10 Å². The Hall–Kier alpha value is -2.27. The Labute approximate surface area is 127 Å². The van der Waals surface area contributed by atoms with E-state index in [1.165, 1.54) is 6.21 Å². The fraction of sp³-hybridized carbons (Fsp3) is 0.125. The van der Waals surface area contributed by atoms with Crippen molar-refractivity contribution in [1.29, 1.82) is 0 Å². The lowest BCUT2D eigenvalue weighted by molar-refractivity contribution is -0.120. The quantitative estimate of drug-likeness (QED) is 0.490. The van der Waals surface area contributed by atoms with Crippen LogP contribution < -0.4 is 5.43 Å². The minimum absolute atomic E-state index is 0.134. The number of hydrogen-bond acceptors (Lipinski definition) is 4. The van der Waals surface area contributed by atoms with E-state index in [1.54, 1.807) is 36.0 Å². The molecule has 2 aromatic carbocycles. The summed E-state index contributed by atoms with van der Waals surface area (Å²) in [6, 6.07) is 16.7. The van der Waals surface area contributed by atoms with Crippen molar-refractivity contribution in [2.45, 2.75) is 11.3 Å². The highest BCUT2D eigenvalue weighted by Crippen LogP contribution is 2.17. The third-order valence-electron chi connectivity index (χ3n) is 2.67. The standard InChI is InChI=1S/C16H16N2O2S/c19-15-9-5-4-6-13(15)12-17-18-16(20)10-11-21-14-7-2-1-3-8-14/h1-9,12,19H,10-11H2,(H,18,20). The van der Waals surface area contributed by atoms with Gasteiger partial charge in [0.25, 0.3) is 0 Å². The second kappa shape index (κ2) is 8.11. The molecule has 0 aliphatic rings. The lowest BCUT2D eigenvalue weighted by Crippen LogP contribution is -2.17. The van der Waals surface area contributed by atoms with E-state index in [9.17, 15) is 9.90 Å². The number of carbonyl (C=O) groups is 1.